The van der Waals surface area contributed by atoms with Gasteiger partial charge in [-0.15, -0.1) is 11.8 Å². The van der Waals surface area contributed by atoms with Crippen molar-refractivity contribution >= 4 is 23.4 Å². The molecule has 1 aliphatic heterocycles. The Morgan fingerprint density at radius 3 is 2.53 bits per heavy atom. The summed E-state index contributed by atoms with van der Waals surface area (Å²) >= 11 is 1.57. The summed E-state index contributed by atoms with van der Waals surface area (Å²) in [5.41, 5.74) is 6.33. The van der Waals surface area contributed by atoms with Crippen LogP contribution < -0.4 is 5.73 Å². The zero-order valence-electron chi connectivity index (χ0n) is 8.48. The predicted molar refractivity (Wildman–Crippen MR) is 62.8 cm³/mol. The molecule has 3 nitrogen and oxygen atoms in total. The van der Waals surface area contributed by atoms with Crippen molar-refractivity contribution in [3.8, 4) is 0 Å². The summed E-state index contributed by atoms with van der Waals surface area (Å²) in [6, 6.07) is 7.61. The SMILES string of the molecule is Nc1ccc(SCC(=O)N2CCC2)cc1. The minimum atomic E-state index is 0.239. The van der Waals surface area contributed by atoms with Crippen LogP contribution in [0.4, 0.5) is 5.69 Å². The average molecular weight is 222 g/mol. The Kier molecular flexibility index (Phi) is 3.16. The molecule has 1 aromatic rings. The molecule has 1 fully saturated rings. The number of nitrogens with zero attached hydrogens (tertiary/aromatic N) is 1. The van der Waals surface area contributed by atoms with E-state index in [2.05, 4.69) is 0 Å². The molecule has 2 N–H and O–H groups in total. The van der Waals surface area contributed by atoms with Gasteiger partial charge in [-0.2, -0.15) is 0 Å². The molecule has 1 heterocycles. The monoisotopic (exact) mass is 222 g/mol. The van der Waals surface area contributed by atoms with E-state index in [1.54, 1.807) is 11.8 Å². The molecule has 1 amide bonds. The van der Waals surface area contributed by atoms with Gasteiger partial charge in [0.05, 0.1) is 5.75 Å². The van der Waals surface area contributed by atoms with Crippen LogP contribution in [0.5, 0.6) is 0 Å². The number of thioether (sulfide) groups is 1. The van der Waals surface area contributed by atoms with Crippen LogP contribution in [0.2, 0.25) is 0 Å². The van der Waals surface area contributed by atoms with Crippen LogP contribution in [0.25, 0.3) is 0 Å². The van der Waals surface area contributed by atoms with E-state index >= 15 is 0 Å². The fourth-order valence-electron chi connectivity index (χ4n) is 1.37. The van der Waals surface area contributed by atoms with Crippen molar-refractivity contribution in [3.05, 3.63) is 24.3 Å². The topological polar surface area (TPSA) is 46.3 Å². The normalized spacial score (nSPS) is 14.8. The lowest BCUT2D eigenvalue weighted by Crippen LogP contribution is -2.42. The molecule has 1 aromatic carbocycles. The molecule has 0 saturated carbocycles. The first-order valence-electron chi connectivity index (χ1n) is 5.02. The number of hydrogen-bond acceptors (Lipinski definition) is 3. The molecule has 0 bridgehead atoms. The number of nitrogen functional groups attached to an aromatic ring is 1. The molecule has 0 unspecified atom stereocenters. The third-order valence-electron chi connectivity index (χ3n) is 2.45. The molecule has 0 atom stereocenters. The lowest BCUT2D eigenvalue weighted by atomic mass is 10.2. The highest BCUT2D eigenvalue weighted by Crippen LogP contribution is 2.20. The summed E-state index contributed by atoms with van der Waals surface area (Å²) in [5.74, 6) is 0.771. The fourth-order valence-corrected chi connectivity index (χ4v) is 2.17. The number of likely N-dealkylation sites (tertiary alicyclic amines) is 1. The van der Waals surface area contributed by atoms with E-state index in [0.717, 1.165) is 30.1 Å². The number of carbonyl (C=O) groups is 1. The molecule has 15 heavy (non-hydrogen) atoms. The minimum absolute atomic E-state index is 0.239. The third-order valence-corrected chi connectivity index (χ3v) is 3.45. The first-order chi connectivity index (χ1) is 7.25. The molecule has 80 valence electrons. The number of hydrogen-bond donors (Lipinski definition) is 1. The van der Waals surface area contributed by atoms with Gasteiger partial charge in [0.25, 0.3) is 0 Å². The summed E-state index contributed by atoms with van der Waals surface area (Å²) < 4.78 is 0. The van der Waals surface area contributed by atoms with Crippen LogP contribution in [0.15, 0.2) is 29.2 Å². The Balaban J connectivity index is 1.82. The Bertz CT molecular complexity index is 346. The minimum Gasteiger partial charge on any atom is -0.399 e. The van der Waals surface area contributed by atoms with Gasteiger partial charge < -0.3 is 10.6 Å². The molecular formula is C11H14N2OS. The quantitative estimate of drug-likeness (QED) is 0.624. The number of anilines is 1. The zero-order valence-corrected chi connectivity index (χ0v) is 9.30. The second kappa shape index (κ2) is 4.57. The molecule has 4 heteroatoms. The second-order valence-electron chi connectivity index (χ2n) is 3.59. The van der Waals surface area contributed by atoms with Gasteiger partial charge in [-0.1, -0.05) is 0 Å². The highest BCUT2D eigenvalue weighted by Gasteiger charge is 2.19. The van der Waals surface area contributed by atoms with E-state index in [0.29, 0.717) is 5.75 Å². The van der Waals surface area contributed by atoms with E-state index in [1.807, 2.05) is 29.2 Å². The number of amides is 1. The first kappa shape index (κ1) is 10.4. The van der Waals surface area contributed by atoms with Crippen molar-refractivity contribution < 1.29 is 4.79 Å². The molecule has 1 aliphatic rings. The van der Waals surface area contributed by atoms with Crippen molar-refractivity contribution in [2.45, 2.75) is 11.3 Å². The van der Waals surface area contributed by atoms with Crippen molar-refractivity contribution in [2.75, 3.05) is 24.6 Å². The highest BCUT2D eigenvalue weighted by atomic mass is 32.2. The molecule has 0 radical (unpaired) electrons. The summed E-state index contributed by atoms with van der Waals surface area (Å²) in [4.78, 5) is 14.5. The second-order valence-corrected chi connectivity index (χ2v) is 4.64. The zero-order chi connectivity index (χ0) is 10.7. The summed E-state index contributed by atoms with van der Waals surface area (Å²) in [6.07, 6.45) is 1.15. The van der Waals surface area contributed by atoms with E-state index in [4.69, 9.17) is 5.73 Å². The first-order valence-corrected chi connectivity index (χ1v) is 6.00. The van der Waals surface area contributed by atoms with Crippen LogP contribution in [-0.4, -0.2) is 29.6 Å². The van der Waals surface area contributed by atoms with Gasteiger partial charge in [0.1, 0.15) is 0 Å². The highest BCUT2D eigenvalue weighted by molar-refractivity contribution is 8.00. The van der Waals surface area contributed by atoms with Gasteiger partial charge in [0.15, 0.2) is 0 Å². The average Bonchev–Trinajstić information content (AvgIpc) is 2.14. The van der Waals surface area contributed by atoms with Gasteiger partial charge >= 0.3 is 0 Å². The van der Waals surface area contributed by atoms with E-state index in [-0.39, 0.29) is 5.91 Å². The summed E-state index contributed by atoms with van der Waals surface area (Å²) in [5, 5.41) is 0. The molecule has 2 rings (SSSR count). The van der Waals surface area contributed by atoms with Gasteiger partial charge in [-0.3, -0.25) is 4.79 Å². The van der Waals surface area contributed by atoms with Crippen LogP contribution in [-0.2, 0) is 4.79 Å². The van der Waals surface area contributed by atoms with Gasteiger partial charge in [-0.25, -0.2) is 0 Å². The van der Waals surface area contributed by atoms with Crippen molar-refractivity contribution in [2.24, 2.45) is 0 Å². The lowest BCUT2D eigenvalue weighted by molar-refractivity contribution is -0.131. The molecule has 0 aliphatic carbocycles. The molecular weight excluding hydrogens is 208 g/mol. The van der Waals surface area contributed by atoms with Crippen LogP contribution in [0.3, 0.4) is 0 Å². The maximum atomic E-state index is 11.5. The van der Waals surface area contributed by atoms with Gasteiger partial charge in [0.2, 0.25) is 5.91 Å². The Labute approximate surface area is 93.6 Å². The smallest absolute Gasteiger partial charge is 0.232 e. The maximum absolute atomic E-state index is 11.5. The van der Waals surface area contributed by atoms with Crippen molar-refractivity contribution in [1.82, 2.24) is 4.90 Å². The predicted octanol–water partition coefficient (Wildman–Crippen LogP) is 1.59. The van der Waals surface area contributed by atoms with Crippen LogP contribution in [0.1, 0.15) is 6.42 Å². The Morgan fingerprint density at radius 1 is 1.33 bits per heavy atom. The van der Waals surface area contributed by atoms with Crippen LogP contribution >= 0.6 is 11.8 Å². The van der Waals surface area contributed by atoms with E-state index in [9.17, 15) is 4.79 Å². The molecule has 0 aromatic heterocycles. The van der Waals surface area contributed by atoms with E-state index < -0.39 is 0 Å². The summed E-state index contributed by atoms with van der Waals surface area (Å²) in [6.45, 7) is 1.86. The fraction of sp³-hybridized carbons (Fsp3) is 0.364. The number of rotatable bonds is 3. The summed E-state index contributed by atoms with van der Waals surface area (Å²) in [7, 11) is 0. The van der Waals surface area contributed by atoms with Crippen molar-refractivity contribution in [1.29, 1.82) is 0 Å². The third kappa shape index (κ3) is 2.65. The standard InChI is InChI=1S/C11H14N2OS/c12-9-2-4-10(5-3-9)15-8-11(14)13-6-1-7-13/h2-5H,1,6-8,12H2. The van der Waals surface area contributed by atoms with Gasteiger partial charge in [-0.05, 0) is 30.7 Å². The molecule has 0 spiro atoms. The van der Waals surface area contributed by atoms with Crippen LogP contribution in [0, 0.1) is 0 Å². The number of benzene rings is 1. The number of nitrogens with two attached hydrogens (primary N) is 1. The largest absolute Gasteiger partial charge is 0.399 e. The molecule has 1 saturated heterocycles. The maximum Gasteiger partial charge on any atom is 0.232 e. The van der Waals surface area contributed by atoms with E-state index in [1.165, 1.54) is 0 Å². The van der Waals surface area contributed by atoms with Crippen molar-refractivity contribution in [3.63, 3.8) is 0 Å². The lowest BCUT2D eigenvalue weighted by Gasteiger charge is -2.30. The Morgan fingerprint density at radius 2 is 2.00 bits per heavy atom. The van der Waals surface area contributed by atoms with Gasteiger partial charge in [0, 0.05) is 23.7 Å². The Hall–Kier alpha value is -1.16. The number of carbonyl (C=O) groups excluding carboxylic acids is 1.